The molecule has 0 unspecified atom stereocenters. The van der Waals surface area contributed by atoms with Gasteiger partial charge < -0.3 is 4.74 Å². The molecule has 96 valence electrons. The van der Waals surface area contributed by atoms with Crippen molar-refractivity contribution < 1.29 is 4.74 Å². The third-order valence-electron chi connectivity index (χ3n) is 3.07. The Kier molecular flexibility index (Phi) is 6.10. The highest BCUT2D eigenvalue weighted by Gasteiger charge is 2.09. The maximum Gasteiger partial charge on any atom is 0.122 e. The van der Waals surface area contributed by atoms with E-state index in [1.54, 1.807) is 0 Å². The molecule has 17 heavy (non-hydrogen) atoms. The van der Waals surface area contributed by atoms with E-state index in [4.69, 9.17) is 4.74 Å². The van der Waals surface area contributed by atoms with Gasteiger partial charge >= 0.3 is 0 Å². The molecule has 0 saturated carbocycles. The van der Waals surface area contributed by atoms with Crippen molar-refractivity contribution in [3.63, 3.8) is 0 Å². The highest BCUT2D eigenvalue weighted by atomic mass is 16.5. The molecule has 1 heteroatoms. The maximum absolute atomic E-state index is 5.80. The smallest absolute Gasteiger partial charge is 0.122 e. The topological polar surface area (TPSA) is 9.23 Å². The summed E-state index contributed by atoms with van der Waals surface area (Å²) in [6.45, 7) is 9.51. The third-order valence-corrected chi connectivity index (χ3v) is 3.07. The van der Waals surface area contributed by atoms with Gasteiger partial charge in [0.1, 0.15) is 5.75 Å². The summed E-state index contributed by atoms with van der Waals surface area (Å²) in [5.74, 6) is 1.12. The lowest BCUT2D eigenvalue weighted by molar-refractivity contribution is 0.336. The van der Waals surface area contributed by atoms with Gasteiger partial charge in [-0.05, 0) is 48.9 Å². The molecule has 0 aliphatic heterocycles. The second-order valence-electron chi connectivity index (χ2n) is 4.52. The average molecular weight is 234 g/mol. The normalized spacial score (nSPS) is 10.6. The molecule has 0 spiro atoms. The molecule has 0 radical (unpaired) electrons. The fraction of sp³-hybridized carbons (Fsp3) is 0.625. The highest BCUT2D eigenvalue weighted by molar-refractivity contribution is 5.44. The Morgan fingerprint density at radius 2 is 1.65 bits per heavy atom. The minimum atomic E-state index is 0.758. The number of hydrogen-bond acceptors (Lipinski definition) is 1. The molecule has 0 saturated heterocycles. The standard InChI is InChI=1S/C16H26O/c1-5-9-13-11-14(10-6-2)15(7-3)16(12-13)17-8-4/h11-12H,5-10H2,1-4H3. The van der Waals surface area contributed by atoms with Crippen LogP contribution in [0.1, 0.15) is 57.2 Å². The van der Waals surface area contributed by atoms with Crippen LogP contribution in [0.2, 0.25) is 0 Å². The second kappa shape index (κ2) is 7.37. The van der Waals surface area contributed by atoms with E-state index < -0.39 is 0 Å². The largest absolute Gasteiger partial charge is 0.494 e. The van der Waals surface area contributed by atoms with E-state index in [0.29, 0.717) is 0 Å². The fourth-order valence-corrected chi connectivity index (χ4v) is 2.38. The predicted octanol–water partition coefficient (Wildman–Crippen LogP) is 4.55. The van der Waals surface area contributed by atoms with Crippen molar-refractivity contribution in [3.8, 4) is 5.75 Å². The Morgan fingerprint density at radius 1 is 0.941 bits per heavy atom. The third kappa shape index (κ3) is 3.76. The van der Waals surface area contributed by atoms with E-state index in [0.717, 1.165) is 25.2 Å². The summed E-state index contributed by atoms with van der Waals surface area (Å²) in [7, 11) is 0. The summed E-state index contributed by atoms with van der Waals surface area (Å²) in [5, 5.41) is 0. The molecule has 0 N–H and O–H groups in total. The van der Waals surface area contributed by atoms with E-state index in [1.165, 1.54) is 36.0 Å². The number of hydrogen-bond donors (Lipinski definition) is 0. The van der Waals surface area contributed by atoms with Gasteiger partial charge in [-0.15, -0.1) is 0 Å². The van der Waals surface area contributed by atoms with Gasteiger partial charge in [0.2, 0.25) is 0 Å². The van der Waals surface area contributed by atoms with Crippen LogP contribution in [0.4, 0.5) is 0 Å². The summed E-state index contributed by atoms with van der Waals surface area (Å²) >= 11 is 0. The summed E-state index contributed by atoms with van der Waals surface area (Å²) in [4.78, 5) is 0. The summed E-state index contributed by atoms with van der Waals surface area (Å²) in [5.41, 5.74) is 4.33. The molecule has 0 fully saturated rings. The molecule has 0 aliphatic rings. The predicted molar refractivity (Wildman–Crippen MR) is 75.0 cm³/mol. The molecule has 0 heterocycles. The molecule has 0 atom stereocenters. The minimum absolute atomic E-state index is 0.758. The van der Waals surface area contributed by atoms with Gasteiger partial charge in [0.15, 0.2) is 0 Å². The van der Waals surface area contributed by atoms with Crippen molar-refractivity contribution in [2.45, 2.75) is 59.8 Å². The van der Waals surface area contributed by atoms with E-state index in [9.17, 15) is 0 Å². The first kappa shape index (κ1) is 14.1. The summed E-state index contributed by atoms with van der Waals surface area (Å²) < 4.78 is 5.80. The number of ether oxygens (including phenoxy) is 1. The zero-order valence-electron chi connectivity index (χ0n) is 11.8. The Morgan fingerprint density at radius 3 is 2.18 bits per heavy atom. The van der Waals surface area contributed by atoms with Gasteiger partial charge in [-0.1, -0.05) is 39.7 Å². The van der Waals surface area contributed by atoms with Crippen molar-refractivity contribution in [2.24, 2.45) is 0 Å². The fourth-order valence-electron chi connectivity index (χ4n) is 2.38. The van der Waals surface area contributed by atoms with Crippen molar-refractivity contribution in [2.75, 3.05) is 6.61 Å². The first-order valence-corrected chi connectivity index (χ1v) is 7.04. The Bertz CT molecular complexity index is 314. The zero-order valence-corrected chi connectivity index (χ0v) is 11.8. The Labute approximate surface area is 106 Å². The zero-order chi connectivity index (χ0) is 12.7. The Hall–Kier alpha value is -0.980. The monoisotopic (exact) mass is 234 g/mol. The van der Waals surface area contributed by atoms with Gasteiger partial charge in [-0.2, -0.15) is 0 Å². The average Bonchev–Trinajstić information content (AvgIpc) is 2.30. The van der Waals surface area contributed by atoms with Crippen LogP contribution in [-0.2, 0) is 19.3 Å². The molecule has 0 bridgehead atoms. The molecule has 0 aromatic heterocycles. The van der Waals surface area contributed by atoms with Crippen LogP contribution in [0.25, 0.3) is 0 Å². The maximum atomic E-state index is 5.80. The van der Waals surface area contributed by atoms with Crippen molar-refractivity contribution in [1.29, 1.82) is 0 Å². The first-order valence-electron chi connectivity index (χ1n) is 7.04. The molecule has 1 aromatic rings. The molecular formula is C16H26O. The van der Waals surface area contributed by atoms with Crippen molar-refractivity contribution in [3.05, 3.63) is 28.8 Å². The van der Waals surface area contributed by atoms with Crippen LogP contribution in [0.15, 0.2) is 12.1 Å². The van der Waals surface area contributed by atoms with Gasteiger partial charge in [0.05, 0.1) is 6.61 Å². The SMILES string of the molecule is CCCc1cc(CCC)c(CC)c(OCC)c1. The lowest BCUT2D eigenvalue weighted by atomic mass is 9.96. The number of rotatable bonds is 7. The number of benzene rings is 1. The molecule has 0 aliphatic carbocycles. The first-order chi connectivity index (χ1) is 8.26. The van der Waals surface area contributed by atoms with Crippen LogP contribution in [-0.4, -0.2) is 6.61 Å². The molecular weight excluding hydrogens is 208 g/mol. The Balaban J connectivity index is 3.14. The van der Waals surface area contributed by atoms with Crippen LogP contribution in [0, 0.1) is 0 Å². The van der Waals surface area contributed by atoms with Crippen molar-refractivity contribution in [1.82, 2.24) is 0 Å². The van der Waals surface area contributed by atoms with Crippen LogP contribution in [0.5, 0.6) is 5.75 Å². The van der Waals surface area contributed by atoms with Crippen LogP contribution >= 0.6 is 0 Å². The molecule has 1 nitrogen and oxygen atoms in total. The van der Waals surface area contributed by atoms with Gasteiger partial charge in [0.25, 0.3) is 0 Å². The lowest BCUT2D eigenvalue weighted by Crippen LogP contribution is -2.02. The summed E-state index contributed by atoms with van der Waals surface area (Å²) in [6.07, 6.45) is 5.79. The van der Waals surface area contributed by atoms with Gasteiger partial charge in [-0.25, -0.2) is 0 Å². The number of aryl methyl sites for hydroxylation is 2. The summed E-state index contributed by atoms with van der Waals surface area (Å²) in [6, 6.07) is 4.62. The van der Waals surface area contributed by atoms with Crippen molar-refractivity contribution >= 4 is 0 Å². The highest BCUT2D eigenvalue weighted by Crippen LogP contribution is 2.27. The van der Waals surface area contributed by atoms with Gasteiger partial charge in [-0.3, -0.25) is 0 Å². The van der Waals surface area contributed by atoms with E-state index in [2.05, 4.69) is 39.8 Å². The van der Waals surface area contributed by atoms with E-state index in [1.807, 2.05) is 0 Å². The molecule has 1 aromatic carbocycles. The second-order valence-corrected chi connectivity index (χ2v) is 4.52. The molecule has 1 rings (SSSR count). The quantitative estimate of drug-likeness (QED) is 0.672. The van der Waals surface area contributed by atoms with E-state index in [-0.39, 0.29) is 0 Å². The van der Waals surface area contributed by atoms with Crippen LogP contribution < -0.4 is 4.74 Å². The van der Waals surface area contributed by atoms with Gasteiger partial charge in [0, 0.05) is 0 Å². The molecule has 0 amide bonds. The minimum Gasteiger partial charge on any atom is -0.494 e. The van der Waals surface area contributed by atoms with E-state index >= 15 is 0 Å². The van der Waals surface area contributed by atoms with Crippen LogP contribution in [0.3, 0.4) is 0 Å². The lowest BCUT2D eigenvalue weighted by Gasteiger charge is -2.16.